The normalized spacial score (nSPS) is 21.9. The van der Waals surface area contributed by atoms with E-state index in [0.717, 1.165) is 32.5 Å². The second-order valence-electron chi connectivity index (χ2n) is 7.28. The van der Waals surface area contributed by atoms with Gasteiger partial charge < -0.3 is 9.64 Å². The molecule has 2 atom stereocenters. The fraction of sp³-hybridized carbons (Fsp3) is 0.571. The SMILES string of the molecule is CC(C)O/C=C/C(=O)N1[C@H](C)CN(CCCc2ccccc2)C[C@@H]1C. The Morgan fingerprint density at radius 1 is 1.20 bits per heavy atom. The minimum atomic E-state index is 0.0459. The van der Waals surface area contributed by atoms with Crippen LogP contribution in [-0.4, -0.2) is 53.5 Å². The zero-order valence-corrected chi connectivity index (χ0v) is 16.0. The van der Waals surface area contributed by atoms with Crippen LogP contribution in [0, 0.1) is 0 Å². The molecule has 1 amide bonds. The Kier molecular flexibility index (Phi) is 7.51. The largest absolute Gasteiger partial charge is 0.498 e. The number of hydrogen-bond acceptors (Lipinski definition) is 3. The van der Waals surface area contributed by atoms with Crippen molar-refractivity contribution in [3.63, 3.8) is 0 Å². The summed E-state index contributed by atoms with van der Waals surface area (Å²) in [6.45, 7) is 11.1. The summed E-state index contributed by atoms with van der Waals surface area (Å²) in [5, 5.41) is 0. The van der Waals surface area contributed by atoms with Crippen LogP contribution in [0.2, 0.25) is 0 Å². The maximum Gasteiger partial charge on any atom is 0.250 e. The van der Waals surface area contributed by atoms with Gasteiger partial charge in [0.25, 0.3) is 0 Å². The van der Waals surface area contributed by atoms with E-state index in [1.165, 1.54) is 11.8 Å². The second-order valence-corrected chi connectivity index (χ2v) is 7.28. The average molecular weight is 344 g/mol. The summed E-state index contributed by atoms with van der Waals surface area (Å²) < 4.78 is 5.35. The van der Waals surface area contributed by atoms with Crippen LogP contribution in [0.4, 0.5) is 0 Å². The molecule has 0 spiro atoms. The van der Waals surface area contributed by atoms with Gasteiger partial charge in [-0.25, -0.2) is 0 Å². The molecule has 138 valence electrons. The van der Waals surface area contributed by atoms with Gasteiger partial charge >= 0.3 is 0 Å². The summed E-state index contributed by atoms with van der Waals surface area (Å²) in [5.41, 5.74) is 1.40. The summed E-state index contributed by atoms with van der Waals surface area (Å²) in [6, 6.07) is 11.1. The van der Waals surface area contributed by atoms with E-state index in [9.17, 15) is 4.79 Å². The maximum atomic E-state index is 12.4. The highest BCUT2D eigenvalue weighted by Gasteiger charge is 2.31. The third-order valence-corrected chi connectivity index (χ3v) is 4.59. The van der Waals surface area contributed by atoms with Crippen LogP contribution in [0.5, 0.6) is 0 Å². The molecular formula is C21H32N2O2. The van der Waals surface area contributed by atoms with E-state index in [4.69, 9.17) is 4.74 Å². The predicted molar refractivity (Wildman–Crippen MR) is 102 cm³/mol. The van der Waals surface area contributed by atoms with Crippen molar-refractivity contribution in [3.05, 3.63) is 48.2 Å². The number of carbonyl (C=O) groups is 1. The van der Waals surface area contributed by atoms with Gasteiger partial charge in [0, 0.05) is 31.2 Å². The zero-order valence-electron chi connectivity index (χ0n) is 16.0. The lowest BCUT2D eigenvalue weighted by atomic mass is 10.1. The molecule has 0 aliphatic carbocycles. The highest BCUT2D eigenvalue weighted by molar-refractivity contribution is 5.88. The van der Waals surface area contributed by atoms with Gasteiger partial charge in [-0.2, -0.15) is 0 Å². The molecule has 1 aliphatic rings. The van der Waals surface area contributed by atoms with E-state index in [-0.39, 0.29) is 24.1 Å². The molecule has 0 radical (unpaired) electrons. The molecule has 0 aromatic heterocycles. The van der Waals surface area contributed by atoms with Crippen LogP contribution < -0.4 is 0 Å². The maximum absolute atomic E-state index is 12.4. The number of hydrogen-bond donors (Lipinski definition) is 0. The van der Waals surface area contributed by atoms with Crippen LogP contribution in [0.25, 0.3) is 0 Å². The van der Waals surface area contributed by atoms with E-state index in [1.807, 2.05) is 18.7 Å². The van der Waals surface area contributed by atoms with E-state index in [0.29, 0.717) is 0 Å². The number of rotatable bonds is 7. The van der Waals surface area contributed by atoms with Crippen LogP contribution >= 0.6 is 0 Å². The first kappa shape index (κ1) is 19.5. The quantitative estimate of drug-likeness (QED) is 0.561. The molecule has 1 heterocycles. The van der Waals surface area contributed by atoms with Crippen molar-refractivity contribution in [2.75, 3.05) is 19.6 Å². The molecule has 4 nitrogen and oxygen atoms in total. The number of nitrogens with zero attached hydrogens (tertiary/aromatic N) is 2. The lowest BCUT2D eigenvalue weighted by Gasteiger charge is -2.44. The Morgan fingerprint density at radius 3 is 2.44 bits per heavy atom. The van der Waals surface area contributed by atoms with Crippen LogP contribution in [0.3, 0.4) is 0 Å². The number of amides is 1. The van der Waals surface area contributed by atoms with Crippen molar-refractivity contribution >= 4 is 5.91 Å². The average Bonchev–Trinajstić information content (AvgIpc) is 2.55. The monoisotopic (exact) mass is 344 g/mol. The second kappa shape index (κ2) is 9.62. The van der Waals surface area contributed by atoms with E-state index < -0.39 is 0 Å². The van der Waals surface area contributed by atoms with Crippen molar-refractivity contribution in [1.82, 2.24) is 9.80 Å². The van der Waals surface area contributed by atoms with Crippen molar-refractivity contribution < 1.29 is 9.53 Å². The standard InChI is InChI=1S/C21H32N2O2/c1-17(2)25-14-12-21(24)23-18(3)15-22(16-19(23)4)13-8-11-20-9-6-5-7-10-20/h5-7,9-10,12,14,17-19H,8,11,13,15-16H2,1-4H3/b14-12+/t18-,19+. The molecule has 2 rings (SSSR count). The van der Waals surface area contributed by atoms with Gasteiger partial charge in [-0.3, -0.25) is 9.69 Å². The molecular weight excluding hydrogens is 312 g/mol. The zero-order chi connectivity index (χ0) is 18.2. The van der Waals surface area contributed by atoms with Crippen LogP contribution in [-0.2, 0) is 16.0 Å². The molecule has 4 heteroatoms. The minimum absolute atomic E-state index is 0.0459. The summed E-state index contributed by atoms with van der Waals surface area (Å²) in [6.07, 6.45) is 5.44. The minimum Gasteiger partial charge on any atom is -0.498 e. The van der Waals surface area contributed by atoms with Crippen LogP contribution in [0.15, 0.2) is 42.7 Å². The van der Waals surface area contributed by atoms with Gasteiger partial charge in [0.1, 0.15) is 0 Å². The Bertz CT molecular complexity index is 544. The molecule has 1 fully saturated rings. The van der Waals surface area contributed by atoms with Crippen molar-refractivity contribution in [1.29, 1.82) is 0 Å². The molecule has 0 bridgehead atoms. The predicted octanol–water partition coefficient (Wildman–Crippen LogP) is 3.48. The Morgan fingerprint density at radius 2 is 1.84 bits per heavy atom. The number of ether oxygens (including phenoxy) is 1. The van der Waals surface area contributed by atoms with Gasteiger partial charge in [-0.15, -0.1) is 0 Å². The fourth-order valence-corrected chi connectivity index (χ4v) is 3.54. The van der Waals surface area contributed by atoms with Gasteiger partial charge in [-0.1, -0.05) is 30.3 Å². The Hall–Kier alpha value is -1.81. The van der Waals surface area contributed by atoms with Gasteiger partial charge in [0.15, 0.2) is 0 Å². The van der Waals surface area contributed by atoms with E-state index in [2.05, 4.69) is 49.1 Å². The van der Waals surface area contributed by atoms with Gasteiger partial charge in [-0.05, 0) is 52.6 Å². The third-order valence-electron chi connectivity index (χ3n) is 4.59. The molecule has 0 N–H and O–H groups in total. The van der Waals surface area contributed by atoms with E-state index >= 15 is 0 Å². The molecule has 1 aromatic rings. The smallest absolute Gasteiger partial charge is 0.250 e. The third kappa shape index (κ3) is 6.20. The molecule has 1 aromatic carbocycles. The first-order valence-electron chi connectivity index (χ1n) is 9.38. The fourth-order valence-electron chi connectivity index (χ4n) is 3.54. The van der Waals surface area contributed by atoms with Gasteiger partial charge in [0.2, 0.25) is 5.91 Å². The molecule has 0 saturated carbocycles. The molecule has 1 saturated heterocycles. The first-order valence-corrected chi connectivity index (χ1v) is 9.38. The summed E-state index contributed by atoms with van der Waals surface area (Å²) in [7, 11) is 0. The Labute approximate surface area is 152 Å². The number of piperazine rings is 1. The first-order chi connectivity index (χ1) is 12.0. The number of carbonyl (C=O) groups excluding carboxylic acids is 1. The summed E-state index contributed by atoms with van der Waals surface area (Å²) in [4.78, 5) is 16.9. The summed E-state index contributed by atoms with van der Waals surface area (Å²) >= 11 is 0. The molecule has 0 unspecified atom stereocenters. The topological polar surface area (TPSA) is 32.8 Å². The van der Waals surface area contributed by atoms with Crippen molar-refractivity contribution in [2.24, 2.45) is 0 Å². The van der Waals surface area contributed by atoms with Gasteiger partial charge in [0.05, 0.1) is 12.4 Å². The van der Waals surface area contributed by atoms with Crippen molar-refractivity contribution in [2.45, 2.75) is 58.7 Å². The highest BCUT2D eigenvalue weighted by atomic mass is 16.5. The lowest BCUT2D eigenvalue weighted by molar-refractivity contribution is -0.133. The molecule has 25 heavy (non-hydrogen) atoms. The summed E-state index contributed by atoms with van der Waals surface area (Å²) in [5.74, 6) is 0.0459. The van der Waals surface area contributed by atoms with Crippen molar-refractivity contribution in [3.8, 4) is 0 Å². The number of benzene rings is 1. The molecule has 1 aliphatic heterocycles. The van der Waals surface area contributed by atoms with Crippen LogP contribution in [0.1, 0.15) is 39.7 Å². The lowest BCUT2D eigenvalue weighted by Crippen LogP contribution is -2.58. The number of aryl methyl sites for hydroxylation is 1. The Balaban J connectivity index is 1.80. The van der Waals surface area contributed by atoms with E-state index in [1.54, 1.807) is 6.08 Å². The highest BCUT2D eigenvalue weighted by Crippen LogP contribution is 2.17.